The molecule has 0 saturated heterocycles. The summed E-state index contributed by atoms with van der Waals surface area (Å²) in [5.74, 6) is 0.668. The Bertz CT molecular complexity index is 3420. The minimum absolute atomic E-state index is 0.127. The highest BCUT2D eigenvalue weighted by atomic mass is 32.1. The van der Waals surface area contributed by atoms with Gasteiger partial charge in [0, 0.05) is 52.9 Å². The van der Waals surface area contributed by atoms with Crippen LogP contribution in [0.2, 0.25) is 0 Å². The summed E-state index contributed by atoms with van der Waals surface area (Å²) in [4.78, 5) is 11.1. The van der Waals surface area contributed by atoms with E-state index in [1.54, 1.807) is 0 Å². The highest BCUT2D eigenvalue weighted by Gasteiger charge is 2.35. The van der Waals surface area contributed by atoms with Crippen LogP contribution in [0.3, 0.4) is 0 Å². The molecule has 258 valence electrons. The van der Waals surface area contributed by atoms with Crippen LogP contribution in [0.5, 0.6) is 0 Å². The van der Waals surface area contributed by atoms with Gasteiger partial charge in [-0.05, 0) is 68.7 Å². The molecule has 0 unspecified atom stereocenters. The summed E-state index contributed by atoms with van der Waals surface area (Å²) in [6.07, 6.45) is 0. The molecule has 0 atom stereocenters. The highest BCUT2D eigenvalue weighted by molar-refractivity contribution is 7.27. The summed E-state index contributed by atoms with van der Waals surface area (Å²) in [6, 6.07) is 59.6. The van der Waals surface area contributed by atoms with Crippen LogP contribution in [0.1, 0.15) is 25.0 Å². The smallest absolute Gasteiger partial charge is 0.235 e. The van der Waals surface area contributed by atoms with Gasteiger partial charge in [-0.15, -0.1) is 11.3 Å². The van der Waals surface area contributed by atoms with Gasteiger partial charge in [0.15, 0.2) is 0 Å². The van der Waals surface area contributed by atoms with E-state index >= 15 is 0 Å². The van der Waals surface area contributed by atoms with Gasteiger partial charge < -0.3 is 0 Å². The summed E-state index contributed by atoms with van der Waals surface area (Å²) in [7, 11) is 0. The Morgan fingerprint density at radius 3 is 1.98 bits per heavy atom. The van der Waals surface area contributed by atoms with Gasteiger partial charge in [-0.1, -0.05) is 147 Å². The molecule has 0 aliphatic heterocycles. The molecule has 0 radical (unpaired) electrons. The van der Waals surface area contributed by atoms with Crippen molar-refractivity contribution >= 4 is 74.9 Å². The second-order valence-corrected chi connectivity index (χ2v) is 16.4. The maximum atomic E-state index is 5.56. The van der Waals surface area contributed by atoms with Gasteiger partial charge in [0.1, 0.15) is 0 Å². The van der Waals surface area contributed by atoms with E-state index in [-0.39, 0.29) is 5.41 Å². The Hall–Kier alpha value is -6.62. The van der Waals surface area contributed by atoms with E-state index in [1.165, 1.54) is 74.7 Å². The molecule has 4 heteroatoms. The molecule has 1 aliphatic carbocycles. The van der Waals surface area contributed by atoms with Crippen molar-refractivity contribution in [2.75, 3.05) is 0 Å². The van der Waals surface area contributed by atoms with E-state index < -0.39 is 0 Å². The summed E-state index contributed by atoms with van der Waals surface area (Å²) < 4.78 is 4.92. The molecule has 1 aliphatic rings. The second kappa shape index (κ2) is 11.2. The maximum absolute atomic E-state index is 5.56. The summed E-state index contributed by atoms with van der Waals surface area (Å²) >= 11 is 1.87. The molecular weight excluding hydrogens is 687 g/mol. The van der Waals surface area contributed by atoms with Crippen LogP contribution >= 0.6 is 11.3 Å². The zero-order valence-corrected chi connectivity index (χ0v) is 31.2. The fourth-order valence-electron chi connectivity index (χ4n) is 9.37. The first-order chi connectivity index (χ1) is 27.0. The monoisotopic (exact) mass is 719 g/mol. The lowest BCUT2D eigenvalue weighted by molar-refractivity contribution is 0.660. The lowest BCUT2D eigenvalue weighted by Crippen LogP contribution is -2.15. The largest absolute Gasteiger partial charge is 0.277 e. The number of hydrogen-bond donors (Lipinski definition) is 0. The van der Waals surface area contributed by atoms with Crippen molar-refractivity contribution < 1.29 is 0 Å². The standard InChI is InChI=1S/C51H33N3S/c1-51(2)40-20-10-7-15-34(40)35-26-25-33(28-41(35)51)43-29-42(32-24-23-30-13-3-4-14-31(30)27-32)52-50(53-43)54-44-21-11-8-18-38(44)46-36-16-5-6-17-37(36)49-47(48(46)54)39-19-9-12-22-45(39)55-49/h3-29H,1-2H3. The summed E-state index contributed by atoms with van der Waals surface area (Å²) in [5, 5.41) is 9.87. The number of fused-ring (bicyclic) bond motifs is 14. The van der Waals surface area contributed by atoms with Crippen LogP contribution in [-0.2, 0) is 5.41 Å². The molecule has 3 heterocycles. The second-order valence-electron chi connectivity index (χ2n) is 15.4. The average molecular weight is 720 g/mol. The van der Waals surface area contributed by atoms with E-state index in [9.17, 15) is 0 Å². The maximum Gasteiger partial charge on any atom is 0.235 e. The van der Waals surface area contributed by atoms with Crippen LogP contribution in [0.4, 0.5) is 0 Å². The lowest BCUT2D eigenvalue weighted by atomic mass is 9.82. The van der Waals surface area contributed by atoms with E-state index in [4.69, 9.17) is 9.97 Å². The van der Waals surface area contributed by atoms with E-state index in [1.807, 2.05) is 11.3 Å². The quantitative estimate of drug-likeness (QED) is 0.182. The molecule has 55 heavy (non-hydrogen) atoms. The Kier molecular flexibility index (Phi) is 6.27. The van der Waals surface area contributed by atoms with Gasteiger partial charge in [0.25, 0.3) is 0 Å². The molecule has 0 spiro atoms. The van der Waals surface area contributed by atoms with E-state index in [0.29, 0.717) is 5.95 Å². The Balaban J connectivity index is 1.21. The van der Waals surface area contributed by atoms with Crippen LogP contribution in [-0.4, -0.2) is 14.5 Å². The molecule has 3 nitrogen and oxygen atoms in total. The third-order valence-corrected chi connectivity index (χ3v) is 13.2. The zero-order chi connectivity index (χ0) is 36.4. The number of nitrogens with zero attached hydrogens (tertiary/aromatic N) is 3. The van der Waals surface area contributed by atoms with Gasteiger partial charge in [-0.3, -0.25) is 4.57 Å². The molecule has 0 fully saturated rings. The molecule has 12 rings (SSSR count). The Labute approximate surface area is 321 Å². The predicted octanol–water partition coefficient (Wildman–Crippen LogP) is 13.9. The van der Waals surface area contributed by atoms with Crippen molar-refractivity contribution in [3.63, 3.8) is 0 Å². The zero-order valence-electron chi connectivity index (χ0n) is 30.3. The Morgan fingerprint density at radius 2 is 1.13 bits per heavy atom. The minimum Gasteiger partial charge on any atom is -0.277 e. The number of thiophene rings is 1. The normalized spacial score (nSPS) is 13.4. The van der Waals surface area contributed by atoms with Gasteiger partial charge in [-0.25, -0.2) is 9.97 Å². The van der Waals surface area contributed by atoms with Crippen LogP contribution in [0.15, 0.2) is 164 Å². The highest BCUT2D eigenvalue weighted by Crippen LogP contribution is 2.50. The number of aromatic nitrogens is 3. The first-order valence-corrected chi connectivity index (χ1v) is 19.7. The first-order valence-electron chi connectivity index (χ1n) is 18.9. The van der Waals surface area contributed by atoms with Crippen LogP contribution < -0.4 is 0 Å². The molecule has 0 N–H and O–H groups in total. The van der Waals surface area contributed by atoms with Crippen molar-refractivity contribution in [1.82, 2.24) is 14.5 Å². The number of rotatable bonds is 3. The van der Waals surface area contributed by atoms with Crippen LogP contribution in [0.25, 0.3) is 103 Å². The van der Waals surface area contributed by atoms with Crippen molar-refractivity contribution in [2.24, 2.45) is 0 Å². The van der Waals surface area contributed by atoms with Crippen LogP contribution in [0, 0.1) is 0 Å². The lowest BCUT2D eigenvalue weighted by Gasteiger charge is -2.22. The van der Waals surface area contributed by atoms with Crippen molar-refractivity contribution in [1.29, 1.82) is 0 Å². The minimum atomic E-state index is -0.127. The van der Waals surface area contributed by atoms with Gasteiger partial charge in [-0.2, -0.15) is 0 Å². The fourth-order valence-corrected chi connectivity index (χ4v) is 10.6. The number of para-hydroxylation sites is 1. The van der Waals surface area contributed by atoms with Crippen molar-refractivity contribution in [3.8, 4) is 39.6 Å². The van der Waals surface area contributed by atoms with Crippen molar-refractivity contribution in [3.05, 3.63) is 175 Å². The van der Waals surface area contributed by atoms with Gasteiger partial charge in [0.2, 0.25) is 5.95 Å². The SMILES string of the molecule is CC1(C)c2ccccc2-c2ccc(-c3cc(-c4ccc5ccccc5c4)nc(-n4c5ccccc5c5c6ccccc6c6sc7ccccc7c6c54)n3)cc21. The predicted molar refractivity (Wildman–Crippen MR) is 233 cm³/mol. The van der Waals surface area contributed by atoms with E-state index in [2.05, 4.69) is 182 Å². The molecule has 0 bridgehead atoms. The third kappa shape index (κ3) is 4.31. The Morgan fingerprint density at radius 1 is 0.491 bits per heavy atom. The molecule has 0 amide bonds. The number of hydrogen-bond acceptors (Lipinski definition) is 3. The summed E-state index contributed by atoms with van der Waals surface area (Å²) in [6.45, 7) is 4.68. The molecule has 0 saturated carbocycles. The van der Waals surface area contributed by atoms with Gasteiger partial charge in [0.05, 0.1) is 22.4 Å². The molecule has 11 aromatic rings. The first kappa shape index (κ1) is 30.8. The molecule has 8 aromatic carbocycles. The van der Waals surface area contributed by atoms with E-state index in [0.717, 1.165) is 33.5 Å². The third-order valence-electron chi connectivity index (χ3n) is 12.0. The van der Waals surface area contributed by atoms with Gasteiger partial charge >= 0.3 is 0 Å². The fraction of sp³-hybridized carbons (Fsp3) is 0.0588. The summed E-state index contributed by atoms with van der Waals surface area (Å²) in [5.41, 5.74) is 11.4. The van der Waals surface area contributed by atoms with Crippen molar-refractivity contribution in [2.45, 2.75) is 19.3 Å². The topological polar surface area (TPSA) is 30.7 Å². The molecule has 3 aromatic heterocycles. The average Bonchev–Trinajstić information content (AvgIpc) is 3.87. The molecular formula is C51H33N3S. The number of benzene rings is 8.